The van der Waals surface area contributed by atoms with Gasteiger partial charge in [0.1, 0.15) is 5.69 Å². The van der Waals surface area contributed by atoms with Gasteiger partial charge in [0.2, 0.25) is 0 Å². The molecule has 0 radical (unpaired) electrons. The first-order valence-corrected chi connectivity index (χ1v) is 12.9. The number of nitrogens with one attached hydrogen (secondary N) is 1. The van der Waals surface area contributed by atoms with Gasteiger partial charge in [-0.05, 0) is 38.7 Å². The summed E-state index contributed by atoms with van der Waals surface area (Å²) in [6.45, 7) is 2.00. The number of hydrogen-bond donors (Lipinski definition) is 3. The Morgan fingerprint density at radius 1 is 1.12 bits per heavy atom. The first-order valence-electron chi connectivity index (χ1n) is 12.0. The molecule has 7 nitrogen and oxygen atoms in total. The number of likely N-dealkylation sites (tertiary alicyclic amines) is 1. The number of aliphatic hydroxyl groups is 2. The van der Waals surface area contributed by atoms with Gasteiger partial charge < -0.3 is 20.4 Å². The number of benzene rings is 1. The highest BCUT2D eigenvalue weighted by Gasteiger charge is 2.71. The molecule has 4 rings (SSSR count). The topological polar surface area (TPSA) is 103 Å². The highest BCUT2D eigenvalue weighted by atomic mass is 32.1. The predicted molar refractivity (Wildman–Crippen MR) is 125 cm³/mol. The number of aromatic nitrogens is 1. The van der Waals surface area contributed by atoms with Crippen LogP contribution in [0.25, 0.3) is 10.4 Å². The van der Waals surface area contributed by atoms with E-state index in [1.807, 2.05) is 0 Å². The van der Waals surface area contributed by atoms with Crippen LogP contribution >= 0.6 is 11.3 Å². The van der Waals surface area contributed by atoms with Crippen molar-refractivity contribution >= 4 is 23.2 Å². The molecule has 1 aliphatic carbocycles. The van der Waals surface area contributed by atoms with Crippen LogP contribution in [0.3, 0.4) is 0 Å². The monoisotopic (exact) mass is 601 g/mol. The molecule has 1 saturated heterocycles. The minimum absolute atomic E-state index is 0.108. The van der Waals surface area contributed by atoms with Crippen LogP contribution < -0.4 is 5.32 Å². The predicted octanol–water partition coefficient (Wildman–Crippen LogP) is 4.94. The number of rotatable bonds is 6. The summed E-state index contributed by atoms with van der Waals surface area (Å²) in [6, 6.07) is -0.0826. The van der Waals surface area contributed by atoms with Gasteiger partial charge in [-0.15, -0.1) is 11.3 Å². The molecule has 1 aliphatic heterocycles. The minimum Gasteiger partial charge on any atom is -0.393 e. The van der Waals surface area contributed by atoms with Crippen LogP contribution in [0.15, 0.2) is 18.2 Å². The second-order valence-electron chi connectivity index (χ2n) is 9.79. The summed E-state index contributed by atoms with van der Waals surface area (Å²) in [7, 11) is 0. The zero-order valence-corrected chi connectivity index (χ0v) is 21.4. The molecule has 40 heavy (non-hydrogen) atoms. The molecular weight excluding hydrogens is 578 g/mol. The molecule has 1 aromatic heterocycles. The van der Waals surface area contributed by atoms with Gasteiger partial charge in [-0.1, -0.05) is 12.1 Å². The Hall–Kier alpha value is -2.85. The summed E-state index contributed by atoms with van der Waals surface area (Å²) in [5.41, 5.74) is -9.74. The lowest BCUT2D eigenvalue weighted by Crippen LogP contribution is -2.54. The van der Waals surface area contributed by atoms with Gasteiger partial charge in [0.15, 0.2) is 5.01 Å². The number of carbonyl (C=O) groups excluding carboxylic acids is 2. The van der Waals surface area contributed by atoms with Crippen LogP contribution in [-0.2, 0) is 5.60 Å². The van der Waals surface area contributed by atoms with Gasteiger partial charge in [0.05, 0.1) is 11.0 Å². The Morgan fingerprint density at radius 3 is 2.25 bits per heavy atom. The van der Waals surface area contributed by atoms with Crippen molar-refractivity contribution in [3.05, 3.63) is 40.0 Å². The minimum atomic E-state index is -6.30. The lowest BCUT2D eigenvalue weighted by molar-refractivity contribution is -0.376. The molecule has 16 heteroatoms. The highest BCUT2D eigenvalue weighted by molar-refractivity contribution is 7.17. The van der Waals surface area contributed by atoms with E-state index < -0.39 is 70.7 Å². The molecule has 1 aromatic carbocycles. The zero-order valence-electron chi connectivity index (χ0n) is 20.6. The van der Waals surface area contributed by atoms with Crippen molar-refractivity contribution in [1.82, 2.24) is 15.2 Å². The van der Waals surface area contributed by atoms with E-state index in [0.29, 0.717) is 30.2 Å². The molecule has 2 heterocycles. The molecule has 220 valence electrons. The third-order valence-electron chi connectivity index (χ3n) is 7.06. The summed E-state index contributed by atoms with van der Waals surface area (Å²) < 4.78 is 109. The number of halogens is 8. The molecule has 3 N–H and O–H groups in total. The van der Waals surface area contributed by atoms with E-state index in [-0.39, 0.29) is 47.4 Å². The quantitative estimate of drug-likeness (QED) is 0.408. The lowest BCUT2D eigenvalue weighted by Gasteiger charge is -2.33. The number of alkyl halides is 8. The van der Waals surface area contributed by atoms with Crippen molar-refractivity contribution < 1.29 is 54.9 Å². The van der Waals surface area contributed by atoms with E-state index in [1.165, 1.54) is 4.90 Å². The van der Waals surface area contributed by atoms with Crippen molar-refractivity contribution in [2.45, 2.75) is 75.2 Å². The number of amides is 2. The number of thiazole rings is 1. The average molecular weight is 602 g/mol. The van der Waals surface area contributed by atoms with Gasteiger partial charge in [0, 0.05) is 35.3 Å². The number of carbonyl (C=O) groups is 2. The number of aliphatic hydroxyl groups excluding tert-OH is 1. The van der Waals surface area contributed by atoms with Gasteiger partial charge in [0.25, 0.3) is 23.8 Å². The van der Waals surface area contributed by atoms with Crippen LogP contribution in [-0.4, -0.2) is 69.0 Å². The fourth-order valence-corrected chi connectivity index (χ4v) is 5.74. The largest absolute Gasteiger partial charge is 0.430 e. The van der Waals surface area contributed by atoms with E-state index in [2.05, 4.69) is 10.3 Å². The van der Waals surface area contributed by atoms with Crippen molar-refractivity contribution in [2.75, 3.05) is 6.54 Å². The Labute approximate surface area is 225 Å². The van der Waals surface area contributed by atoms with Gasteiger partial charge in [-0.3, -0.25) is 9.59 Å². The first-order chi connectivity index (χ1) is 18.5. The fourth-order valence-electron chi connectivity index (χ4n) is 4.73. The number of nitrogens with zero attached hydrogens (tertiary/aromatic N) is 2. The van der Waals surface area contributed by atoms with Crippen LogP contribution in [0, 0.1) is 0 Å². The van der Waals surface area contributed by atoms with E-state index >= 15 is 0 Å². The van der Waals surface area contributed by atoms with Crippen LogP contribution in [0.4, 0.5) is 35.1 Å². The van der Waals surface area contributed by atoms with Gasteiger partial charge >= 0.3 is 12.4 Å². The maximum Gasteiger partial charge on any atom is 0.430 e. The Balaban J connectivity index is 1.85. The highest BCUT2D eigenvalue weighted by Crippen LogP contribution is 2.51. The van der Waals surface area contributed by atoms with E-state index in [1.54, 1.807) is 6.92 Å². The third kappa shape index (κ3) is 5.28. The molecule has 2 aliphatic rings. The third-order valence-corrected chi connectivity index (χ3v) is 8.14. The summed E-state index contributed by atoms with van der Waals surface area (Å²) in [5, 5.41) is 21.4. The second-order valence-corrected chi connectivity index (χ2v) is 10.8. The first kappa shape index (κ1) is 30.1. The Bertz CT molecular complexity index is 1280. The summed E-state index contributed by atoms with van der Waals surface area (Å²) in [6.07, 6.45) is -15.1. The molecule has 0 spiro atoms. The Kier molecular flexibility index (Phi) is 7.92. The molecule has 2 fully saturated rings. The summed E-state index contributed by atoms with van der Waals surface area (Å²) in [4.78, 5) is 31.2. The normalized spacial score (nSPS) is 22.0. The van der Waals surface area contributed by atoms with Crippen molar-refractivity contribution in [3.63, 3.8) is 0 Å². The number of hydrogen-bond acceptors (Lipinski definition) is 6. The zero-order chi connectivity index (χ0) is 29.8. The van der Waals surface area contributed by atoms with Crippen LogP contribution in [0.1, 0.15) is 70.4 Å². The van der Waals surface area contributed by atoms with Gasteiger partial charge in [-0.25, -0.2) is 13.8 Å². The molecule has 1 atom stereocenters. The molecule has 0 unspecified atom stereocenters. The average Bonchev–Trinajstić information content (AvgIpc) is 3.47. The molecule has 2 aromatic rings. The summed E-state index contributed by atoms with van der Waals surface area (Å²) >= 11 is 0.469. The van der Waals surface area contributed by atoms with E-state index in [4.69, 9.17) is 0 Å². The molecule has 1 saturated carbocycles. The maximum absolute atomic E-state index is 14.1. The fraction of sp³-hybridized carbons (Fsp3) is 0.542. The smallest absolute Gasteiger partial charge is 0.393 e. The maximum atomic E-state index is 14.1. The van der Waals surface area contributed by atoms with Gasteiger partial charge in [-0.2, -0.15) is 26.3 Å². The van der Waals surface area contributed by atoms with Crippen LogP contribution in [0.5, 0.6) is 0 Å². The standard InChI is InChI=1S/C24H23F8N3O4S/c1-10-3-2-6-35(10)21(38)16-17(40-20(34-16)19(37)33-12-8-13(36)9-12)14-5-4-11(7-15(14)18(25)26)22(39,23(27,28)29)24(30,31)32/h4-5,7,10,12-13,18,36,39H,2-3,6,8-9H2,1H3,(H,33,37)/t10-,12-,13-/m0/s1. The van der Waals surface area contributed by atoms with E-state index in [9.17, 15) is 54.9 Å². The second kappa shape index (κ2) is 10.5. The van der Waals surface area contributed by atoms with Crippen molar-refractivity contribution in [2.24, 2.45) is 0 Å². The molecular formula is C24H23F8N3O4S. The Morgan fingerprint density at radius 2 is 1.75 bits per heavy atom. The molecule has 0 bridgehead atoms. The lowest BCUT2D eigenvalue weighted by atomic mass is 9.89. The van der Waals surface area contributed by atoms with Crippen molar-refractivity contribution in [3.8, 4) is 10.4 Å². The SMILES string of the molecule is C[C@H]1CCCN1C(=O)c1nc(C(=O)N[C@H]2C[C@H](O)C2)sc1-c1ccc(C(O)(C(F)(F)F)C(F)(F)F)cc1C(F)F. The van der Waals surface area contributed by atoms with Crippen LogP contribution in [0.2, 0.25) is 0 Å². The van der Waals surface area contributed by atoms with E-state index in [0.717, 1.165) is 0 Å². The summed E-state index contributed by atoms with van der Waals surface area (Å²) in [5.74, 6) is -1.55. The molecule has 2 amide bonds. The van der Waals surface area contributed by atoms with Crippen molar-refractivity contribution in [1.29, 1.82) is 0 Å².